The van der Waals surface area contributed by atoms with Gasteiger partial charge in [0.25, 0.3) is 5.91 Å². The Morgan fingerprint density at radius 2 is 2.21 bits per heavy atom. The highest BCUT2D eigenvalue weighted by Gasteiger charge is 2.32. The molecule has 140 valence electrons. The minimum absolute atomic E-state index is 0.0363. The number of nitrogens with one attached hydrogen (secondary N) is 1. The van der Waals surface area contributed by atoms with E-state index < -0.39 is 0 Å². The zero-order valence-corrected chi connectivity index (χ0v) is 15.1. The topological polar surface area (TPSA) is 101 Å². The van der Waals surface area contributed by atoms with Crippen LogP contribution in [-0.2, 0) is 6.54 Å². The van der Waals surface area contributed by atoms with Crippen LogP contribution in [0.4, 0.5) is 0 Å². The van der Waals surface area contributed by atoms with Gasteiger partial charge in [-0.3, -0.25) is 4.79 Å². The molecule has 0 fully saturated rings. The van der Waals surface area contributed by atoms with Gasteiger partial charge in [0, 0.05) is 18.7 Å². The number of pyridine rings is 1. The van der Waals surface area contributed by atoms with Crippen molar-refractivity contribution >= 4 is 11.6 Å². The summed E-state index contributed by atoms with van der Waals surface area (Å²) in [5, 5.41) is 11.4. The molecule has 1 N–H and O–H groups in total. The standard InChI is InChI=1S/C19H17N7O2/c1-28-14-4-2-3-12(7-14)15-9-25(10-16-18(15)21-11-20-16)19(27)13-5-6-17-22-23-24-26(17)8-13/h2-8,11,15H,9-10H2,1H3,(H,20,21). The van der Waals surface area contributed by atoms with Crippen molar-refractivity contribution < 1.29 is 9.53 Å². The van der Waals surface area contributed by atoms with E-state index in [1.165, 1.54) is 4.52 Å². The number of ether oxygens (including phenoxy) is 1. The third kappa shape index (κ3) is 2.68. The fourth-order valence-electron chi connectivity index (χ4n) is 3.65. The second-order valence-corrected chi connectivity index (χ2v) is 6.68. The molecule has 9 heteroatoms. The molecule has 1 amide bonds. The first-order valence-electron chi connectivity index (χ1n) is 8.86. The number of H-pyrrole nitrogens is 1. The van der Waals surface area contributed by atoms with Crippen LogP contribution in [-0.4, -0.2) is 54.5 Å². The van der Waals surface area contributed by atoms with Crippen LogP contribution in [0.2, 0.25) is 0 Å². The summed E-state index contributed by atoms with van der Waals surface area (Å²) in [6.07, 6.45) is 3.33. The first kappa shape index (κ1) is 16.4. The van der Waals surface area contributed by atoms with Gasteiger partial charge in [0.2, 0.25) is 0 Å². The maximum atomic E-state index is 13.2. The molecule has 0 spiro atoms. The zero-order chi connectivity index (χ0) is 19.1. The monoisotopic (exact) mass is 375 g/mol. The van der Waals surface area contributed by atoms with Gasteiger partial charge in [0.15, 0.2) is 5.65 Å². The summed E-state index contributed by atoms with van der Waals surface area (Å²) in [6.45, 7) is 1.000. The number of nitrogens with zero attached hydrogens (tertiary/aromatic N) is 6. The Morgan fingerprint density at radius 1 is 1.29 bits per heavy atom. The second kappa shape index (κ2) is 6.45. The molecule has 1 atom stereocenters. The van der Waals surface area contributed by atoms with E-state index in [4.69, 9.17) is 4.74 Å². The molecule has 0 radical (unpaired) electrons. The lowest BCUT2D eigenvalue weighted by molar-refractivity contribution is 0.0721. The predicted octanol–water partition coefficient (Wildman–Crippen LogP) is 1.64. The molecule has 3 aromatic heterocycles. The van der Waals surface area contributed by atoms with Gasteiger partial charge < -0.3 is 14.6 Å². The van der Waals surface area contributed by atoms with Gasteiger partial charge in [0.1, 0.15) is 5.75 Å². The molecule has 1 aliphatic rings. The number of carbonyl (C=O) groups excluding carboxylic acids is 1. The third-order valence-corrected chi connectivity index (χ3v) is 5.06. The highest BCUT2D eigenvalue weighted by molar-refractivity contribution is 5.94. The Balaban J connectivity index is 1.50. The summed E-state index contributed by atoms with van der Waals surface area (Å²) in [5.41, 5.74) is 4.10. The number of tetrazole rings is 1. The zero-order valence-electron chi connectivity index (χ0n) is 15.1. The molecule has 4 heterocycles. The smallest absolute Gasteiger partial charge is 0.255 e. The van der Waals surface area contributed by atoms with E-state index in [1.54, 1.807) is 31.8 Å². The first-order valence-corrected chi connectivity index (χ1v) is 8.86. The van der Waals surface area contributed by atoms with Crippen molar-refractivity contribution in [2.24, 2.45) is 0 Å². The summed E-state index contributed by atoms with van der Waals surface area (Å²) >= 11 is 0. The molecule has 1 aromatic carbocycles. The minimum atomic E-state index is -0.0782. The molecule has 1 unspecified atom stereocenters. The summed E-state index contributed by atoms with van der Waals surface area (Å²) in [5.74, 6) is 0.665. The molecule has 0 saturated carbocycles. The number of carbonyl (C=O) groups is 1. The van der Waals surface area contributed by atoms with Crippen LogP contribution < -0.4 is 4.74 Å². The molecule has 4 aromatic rings. The quantitative estimate of drug-likeness (QED) is 0.584. The average Bonchev–Trinajstić information content (AvgIpc) is 3.41. The summed E-state index contributed by atoms with van der Waals surface area (Å²) in [7, 11) is 1.64. The van der Waals surface area contributed by atoms with Crippen LogP contribution in [0.1, 0.15) is 33.2 Å². The predicted molar refractivity (Wildman–Crippen MR) is 98.9 cm³/mol. The number of aromatic nitrogens is 6. The van der Waals surface area contributed by atoms with E-state index in [9.17, 15) is 4.79 Å². The Morgan fingerprint density at radius 3 is 3.11 bits per heavy atom. The molecular formula is C19H17N7O2. The third-order valence-electron chi connectivity index (χ3n) is 5.06. The Kier molecular flexibility index (Phi) is 3.78. The summed E-state index contributed by atoms with van der Waals surface area (Å²) in [4.78, 5) is 22.7. The van der Waals surface area contributed by atoms with E-state index in [0.717, 1.165) is 22.7 Å². The SMILES string of the molecule is COc1cccc(C2CN(C(=O)c3ccc4nnnn4c3)Cc3[nH]cnc32)c1. The van der Waals surface area contributed by atoms with Gasteiger partial charge in [-0.25, -0.2) is 4.98 Å². The van der Waals surface area contributed by atoms with E-state index in [-0.39, 0.29) is 11.8 Å². The van der Waals surface area contributed by atoms with Crippen LogP contribution >= 0.6 is 0 Å². The fraction of sp³-hybridized carbons (Fsp3) is 0.211. The van der Waals surface area contributed by atoms with Gasteiger partial charge in [0.05, 0.1) is 36.9 Å². The number of hydrogen-bond acceptors (Lipinski definition) is 6. The number of fused-ring (bicyclic) bond motifs is 2. The molecule has 5 rings (SSSR count). The van der Waals surface area contributed by atoms with Crippen LogP contribution in [0.25, 0.3) is 5.65 Å². The van der Waals surface area contributed by atoms with Crippen molar-refractivity contribution in [3.05, 3.63) is 71.4 Å². The molecule has 0 bridgehead atoms. The van der Waals surface area contributed by atoms with Gasteiger partial charge in [-0.15, -0.1) is 5.10 Å². The average molecular weight is 375 g/mol. The van der Waals surface area contributed by atoms with Crippen molar-refractivity contribution in [1.82, 2.24) is 34.9 Å². The largest absolute Gasteiger partial charge is 0.497 e. The molecular weight excluding hydrogens is 358 g/mol. The number of rotatable bonds is 3. The fourth-order valence-corrected chi connectivity index (χ4v) is 3.65. The lowest BCUT2D eigenvalue weighted by Crippen LogP contribution is -2.38. The van der Waals surface area contributed by atoms with E-state index >= 15 is 0 Å². The number of amides is 1. The molecule has 9 nitrogen and oxygen atoms in total. The van der Waals surface area contributed by atoms with E-state index in [2.05, 4.69) is 25.5 Å². The maximum Gasteiger partial charge on any atom is 0.255 e. The maximum absolute atomic E-state index is 13.2. The Bertz CT molecular complexity index is 1170. The number of aromatic amines is 1. The summed E-state index contributed by atoms with van der Waals surface area (Å²) < 4.78 is 6.86. The van der Waals surface area contributed by atoms with Crippen LogP contribution in [0, 0.1) is 0 Å². The highest BCUT2D eigenvalue weighted by Crippen LogP contribution is 2.33. The highest BCUT2D eigenvalue weighted by atomic mass is 16.5. The van der Waals surface area contributed by atoms with Crippen molar-refractivity contribution in [2.75, 3.05) is 13.7 Å². The lowest BCUT2D eigenvalue weighted by atomic mass is 9.90. The van der Waals surface area contributed by atoms with Crippen molar-refractivity contribution in [2.45, 2.75) is 12.5 Å². The number of hydrogen-bond donors (Lipinski definition) is 1. The Labute approximate surface area is 160 Å². The van der Waals surface area contributed by atoms with Crippen LogP contribution in [0.5, 0.6) is 5.75 Å². The van der Waals surface area contributed by atoms with Crippen LogP contribution in [0.15, 0.2) is 48.9 Å². The van der Waals surface area contributed by atoms with Crippen molar-refractivity contribution in [3.8, 4) is 5.75 Å². The molecule has 0 saturated heterocycles. The normalized spacial score (nSPS) is 16.2. The van der Waals surface area contributed by atoms with Gasteiger partial charge in [-0.1, -0.05) is 12.1 Å². The second-order valence-electron chi connectivity index (χ2n) is 6.68. The van der Waals surface area contributed by atoms with E-state index in [0.29, 0.717) is 24.3 Å². The van der Waals surface area contributed by atoms with Gasteiger partial charge >= 0.3 is 0 Å². The minimum Gasteiger partial charge on any atom is -0.497 e. The molecule has 0 aliphatic carbocycles. The Hall–Kier alpha value is -3.75. The number of methoxy groups -OCH3 is 1. The van der Waals surface area contributed by atoms with E-state index in [1.807, 2.05) is 29.2 Å². The van der Waals surface area contributed by atoms with Crippen molar-refractivity contribution in [1.29, 1.82) is 0 Å². The lowest BCUT2D eigenvalue weighted by Gasteiger charge is -2.32. The summed E-state index contributed by atoms with van der Waals surface area (Å²) in [6, 6.07) is 11.4. The number of imidazole rings is 1. The molecule has 1 aliphatic heterocycles. The molecule has 28 heavy (non-hydrogen) atoms. The van der Waals surface area contributed by atoms with Gasteiger partial charge in [-0.2, -0.15) is 4.52 Å². The van der Waals surface area contributed by atoms with Gasteiger partial charge in [-0.05, 0) is 40.3 Å². The first-order chi connectivity index (χ1) is 13.7. The number of benzene rings is 1. The van der Waals surface area contributed by atoms with Crippen LogP contribution in [0.3, 0.4) is 0 Å². The van der Waals surface area contributed by atoms with Crippen molar-refractivity contribution in [3.63, 3.8) is 0 Å².